The van der Waals surface area contributed by atoms with Gasteiger partial charge in [0.05, 0.1) is 29.6 Å². The van der Waals surface area contributed by atoms with Gasteiger partial charge < -0.3 is 20.6 Å². The fourth-order valence-electron chi connectivity index (χ4n) is 3.62. The van der Waals surface area contributed by atoms with Crippen LogP contribution in [0.15, 0.2) is 77.8 Å². The van der Waals surface area contributed by atoms with Gasteiger partial charge in [-0.05, 0) is 43.7 Å². The van der Waals surface area contributed by atoms with Crippen LogP contribution < -0.4 is 5.73 Å². The number of ether oxygens (including phenoxy) is 1. The van der Waals surface area contributed by atoms with Gasteiger partial charge in [0.1, 0.15) is 0 Å². The van der Waals surface area contributed by atoms with Crippen LogP contribution in [0.1, 0.15) is 40.9 Å². The number of rotatable bonds is 5. The molecule has 6 heteroatoms. The molecule has 0 amide bonds. The monoisotopic (exact) mass is 427 g/mol. The zero-order valence-corrected chi connectivity index (χ0v) is 18.2. The van der Waals surface area contributed by atoms with Crippen LogP contribution in [-0.2, 0) is 10.3 Å². The Morgan fingerprint density at radius 1 is 1.00 bits per heavy atom. The Kier molecular flexibility index (Phi) is 5.55. The number of aromatic nitrogens is 1. The van der Waals surface area contributed by atoms with Crippen molar-refractivity contribution in [2.45, 2.75) is 19.4 Å². The highest BCUT2D eigenvalue weighted by molar-refractivity contribution is 6.22. The van der Waals surface area contributed by atoms with Gasteiger partial charge in [0.2, 0.25) is 0 Å². The van der Waals surface area contributed by atoms with Crippen LogP contribution in [0.3, 0.4) is 0 Å². The van der Waals surface area contributed by atoms with Crippen molar-refractivity contribution < 1.29 is 14.6 Å². The van der Waals surface area contributed by atoms with Crippen molar-refractivity contribution in [1.29, 1.82) is 0 Å². The van der Waals surface area contributed by atoms with E-state index in [2.05, 4.69) is 4.98 Å². The summed E-state index contributed by atoms with van der Waals surface area (Å²) in [6.07, 6.45) is 0. The Bertz CT molecular complexity index is 1300. The van der Waals surface area contributed by atoms with E-state index in [-0.39, 0.29) is 5.88 Å². The molecular formula is C26H25N3O3. The smallest absolute Gasteiger partial charge is 0.337 e. The third kappa shape index (κ3) is 4.13. The Labute approximate surface area is 186 Å². The molecule has 0 saturated heterocycles. The number of carbonyl (C=O) groups is 1. The average molecular weight is 428 g/mol. The van der Waals surface area contributed by atoms with Gasteiger partial charge in [-0.3, -0.25) is 0 Å². The van der Waals surface area contributed by atoms with Crippen LogP contribution >= 0.6 is 0 Å². The summed E-state index contributed by atoms with van der Waals surface area (Å²) in [7, 11) is 1.33. The number of hydrogen-bond acceptors (Lipinski definition) is 5. The summed E-state index contributed by atoms with van der Waals surface area (Å²) in [5.74, 6) is -0.466. The van der Waals surface area contributed by atoms with Crippen molar-refractivity contribution in [3.05, 3.63) is 95.1 Å². The molecule has 0 fully saturated rings. The second kappa shape index (κ2) is 8.32. The first kappa shape index (κ1) is 21.3. The van der Waals surface area contributed by atoms with E-state index in [4.69, 9.17) is 15.5 Å². The minimum atomic E-state index is -0.447. The number of fused-ring (bicyclic) bond motifs is 1. The average Bonchev–Trinajstić information content (AvgIpc) is 3.12. The Morgan fingerprint density at radius 2 is 1.69 bits per heavy atom. The summed E-state index contributed by atoms with van der Waals surface area (Å²) < 4.78 is 4.80. The van der Waals surface area contributed by atoms with E-state index in [1.807, 2.05) is 68.4 Å². The number of benzene rings is 3. The normalized spacial score (nSPS) is 12.2. The van der Waals surface area contributed by atoms with Gasteiger partial charge in [0.25, 0.3) is 0 Å². The lowest BCUT2D eigenvalue weighted by Crippen LogP contribution is -2.28. The van der Waals surface area contributed by atoms with Gasteiger partial charge in [-0.1, -0.05) is 48.5 Å². The van der Waals surface area contributed by atoms with Gasteiger partial charge >= 0.3 is 5.97 Å². The number of aromatic hydroxyl groups is 1. The molecular weight excluding hydrogens is 402 g/mol. The SMILES string of the molecule is COC(=O)c1ccc2c(C(=Nc3ccc(C(C)(C)N)cc3)c3ccccc3)c(O)[nH]c2c1. The molecule has 1 aromatic heterocycles. The highest BCUT2D eigenvalue weighted by Crippen LogP contribution is 2.32. The van der Waals surface area contributed by atoms with E-state index in [1.165, 1.54) is 7.11 Å². The molecule has 1 heterocycles. The zero-order chi connectivity index (χ0) is 22.9. The van der Waals surface area contributed by atoms with E-state index < -0.39 is 11.5 Å². The maximum absolute atomic E-state index is 11.9. The molecule has 4 aromatic rings. The van der Waals surface area contributed by atoms with Crippen molar-refractivity contribution in [2.24, 2.45) is 10.7 Å². The minimum absolute atomic E-state index is 0.0238. The van der Waals surface area contributed by atoms with Gasteiger partial charge in [-0.15, -0.1) is 0 Å². The van der Waals surface area contributed by atoms with Crippen molar-refractivity contribution in [3.8, 4) is 5.88 Å². The fourth-order valence-corrected chi connectivity index (χ4v) is 3.62. The summed E-state index contributed by atoms with van der Waals surface area (Å²) in [4.78, 5) is 19.8. The number of nitrogens with two attached hydrogens (primary N) is 1. The van der Waals surface area contributed by atoms with Crippen LogP contribution in [0, 0.1) is 0 Å². The molecule has 4 N–H and O–H groups in total. The maximum Gasteiger partial charge on any atom is 0.337 e. The topological polar surface area (TPSA) is 101 Å². The van der Waals surface area contributed by atoms with Gasteiger partial charge in [0.15, 0.2) is 5.88 Å². The third-order valence-electron chi connectivity index (χ3n) is 5.34. The summed E-state index contributed by atoms with van der Waals surface area (Å²) in [5.41, 5.74) is 10.5. The number of aromatic amines is 1. The first-order chi connectivity index (χ1) is 15.3. The molecule has 0 atom stereocenters. The molecule has 0 aliphatic rings. The zero-order valence-electron chi connectivity index (χ0n) is 18.2. The fraction of sp³-hybridized carbons (Fsp3) is 0.154. The molecule has 32 heavy (non-hydrogen) atoms. The van der Waals surface area contributed by atoms with Crippen molar-refractivity contribution in [2.75, 3.05) is 7.11 Å². The minimum Gasteiger partial charge on any atom is -0.494 e. The lowest BCUT2D eigenvalue weighted by atomic mass is 9.95. The lowest BCUT2D eigenvalue weighted by molar-refractivity contribution is 0.0601. The van der Waals surface area contributed by atoms with Crippen molar-refractivity contribution in [3.63, 3.8) is 0 Å². The number of aliphatic imine (C=N–C) groups is 1. The second-order valence-electron chi connectivity index (χ2n) is 8.20. The number of nitrogens with one attached hydrogen (secondary N) is 1. The Morgan fingerprint density at radius 3 is 2.31 bits per heavy atom. The van der Waals surface area contributed by atoms with Crippen LogP contribution in [0.2, 0.25) is 0 Å². The molecule has 0 unspecified atom stereocenters. The summed E-state index contributed by atoms with van der Waals surface area (Å²) >= 11 is 0. The number of carbonyl (C=O) groups excluding carboxylic acids is 1. The van der Waals surface area contributed by atoms with Gasteiger partial charge in [0, 0.05) is 22.0 Å². The molecule has 0 bridgehead atoms. The van der Waals surface area contributed by atoms with E-state index in [0.717, 1.165) is 22.2 Å². The largest absolute Gasteiger partial charge is 0.494 e. The maximum atomic E-state index is 11.9. The van der Waals surface area contributed by atoms with Gasteiger partial charge in [-0.25, -0.2) is 9.79 Å². The number of methoxy groups -OCH3 is 1. The number of H-pyrrole nitrogens is 1. The molecule has 0 saturated carbocycles. The lowest BCUT2D eigenvalue weighted by Gasteiger charge is -2.19. The summed E-state index contributed by atoms with van der Waals surface area (Å²) in [6, 6.07) is 22.5. The van der Waals surface area contributed by atoms with Crippen molar-refractivity contribution in [1.82, 2.24) is 4.98 Å². The highest BCUT2D eigenvalue weighted by atomic mass is 16.5. The van der Waals surface area contributed by atoms with E-state index in [1.54, 1.807) is 18.2 Å². The van der Waals surface area contributed by atoms with E-state index in [0.29, 0.717) is 22.4 Å². The molecule has 0 aliphatic carbocycles. The van der Waals surface area contributed by atoms with Crippen LogP contribution in [0.4, 0.5) is 5.69 Å². The third-order valence-corrected chi connectivity index (χ3v) is 5.34. The quantitative estimate of drug-likeness (QED) is 0.307. The second-order valence-corrected chi connectivity index (χ2v) is 8.20. The molecule has 0 radical (unpaired) electrons. The molecule has 4 rings (SSSR count). The molecule has 6 nitrogen and oxygen atoms in total. The predicted octanol–water partition coefficient (Wildman–Crippen LogP) is 5.02. The molecule has 162 valence electrons. The summed E-state index contributed by atoms with van der Waals surface area (Å²) in [5, 5.41) is 11.6. The Balaban J connectivity index is 1.89. The standard InChI is InChI=1S/C26H25N3O3/c1-26(2,27)18-10-12-19(13-11-18)28-23(16-7-5-4-6-8-16)22-20-14-9-17(25(31)32-3)15-21(20)29-24(22)30/h4-15,29-30H,27H2,1-3H3. The van der Waals surface area contributed by atoms with Crippen molar-refractivity contribution >= 4 is 28.3 Å². The molecule has 0 aliphatic heterocycles. The van der Waals surface area contributed by atoms with E-state index in [9.17, 15) is 9.90 Å². The van der Waals surface area contributed by atoms with E-state index >= 15 is 0 Å². The molecule has 3 aromatic carbocycles. The first-order valence-corrected chi connectivity index (χ1v) is 10.2. The number of esters is 1. The summed E-state index contributed by atoms with van der Waals surface area (Å²) in [6.45, 7) is 3.90. The van der Waals surface area contributed by atoms with Gasteiger partial charge in [-0.2, -0.15) is 0 Å². The van der Waals surface area contributed by atoms with Crippen LogP contribution in [-0.4, -0.2) is 28.9 Å². The highest BCUT2D eigenvalue weighted by Gasteiger charge is 2.20. The number of nitrogens with zero attached hydrogens (tertiary/aromatic N) is 1. The number of hydrogen-bond donors (Lipinski definition) is 3. The predicted molar refractivity (Wildman–Crippen MR) is 127 cm³/mol. The first-order valence-electron chi connectivity index (χ1n) is 10.2. The van der Waals surface area contributed by atoms with Crippen LogP contribution in [0.5, 0.6) is 5.88 Å². The molecule has 0 spiro atoms. The van der Waals surface area contributed by atoms with Crippen LogP contribution in [0.25, 0.3) is 10.9 Å². The Hall–Kier alpha value is -3.90.